The Bertz CT molecular complexity index is 1380. The number of methoxy groups -OCH3 is 1. The van der Waals surface area contributed by atoms with Crippen molar-refractivity contribution in [2.75, 3.05) is 44.9 Å². The van der Waals surface area contributed by atoms with Crippen LogP contribution in [0.15, 0.2) is 78.9 Å². The van der Waals surface area contributed by atoms with E-state index in [4.69, 9.17) is 18.9 Å². The maximum absolute atomic E-state index is 12.8. The Morgan fingerprint density at radius 2 is 1.57 bits per heavy atom. The van der Waals surface area contributed by atoms with E-state index in [0.29, 0.717) is 31.9 Å². The molecule has 2 atom stereocenters. The molecular formula is C35H47N5O7. The number of hydrogen-bond donors (Lipinski definition) is 4. The number of ether oxygens (including phenoxy) is 4. The van der Waals surface area contributed by atoms with Crippen LogP contribution in [0.1, 0.15) is 37.5 Å². The van der Waals surface area contributed by atoms with Crippen molar-refractivity contribution >= 4 is 17.9 Å². The number of anilines is 1. The minimum Gasteiger partial charge on any atom is -0.497 e. The van der Waals surface area contributed by atoms with Crippen molar-refractivity contribution in [2.45, 2.75) is 58.1 Å². The second-order valence-electron chi connectivity index (χ2n) is 12.3. The Labute approximate surface area is 276 Å². The molecule has 0 unspecified atom stereocenters. The fourth-order valence-corrected chi connectivity index (χ4v) is 5.00. The topological polar surface area (TPSA) is 134 Å². The second-order valence-corrected chi connectivity index (χ2v) is 12.3. The number of nitrogens with one attached hydrogen (secondary N) is 3. The van der Waals surface area contributed by atoms with E-state index >= 15 is 0 Å². The number of aliphatic hydroxyl groups is 1. The number of rotatable bonds is 14. The number of amides is 2. The van der Waals surface area contributed by atoms with Crippen molar-refractivity contribution in [3.05, 3.63) is 95.6 Å². The van der Waals surface area contributed by atoms with E-state index in [0.717, 1.165) is 35.5 Å². The quantitative estimate of drug-likeness (QED) is 0.189. The summed E-state index contributed by atoms with van der Waals surface area (Å²) >= 11 is 0. The van der Waals surface area contributed by atoms with Gasteiger partial charge in [0.05, 0.1) is 32.5 Å². The van der Waals surface area contributed by atoms with E-state index in [9.17, 15) is 14.7 Å². The highest BCUT2D eigenvalue weighted by Gasteiger charge is 2.27. The maximum atomic E-state index is 12.8. The standard InChI is InChI=1S/C35H47N5O7/c1-35(2,3)47-33(42)36-31(22-26-12-16-30(44-4)17-13-26)32(41)24-40(38-37-34(43)46-25-28-8-6-5-7-9-28)23-27-10-14-29(15-11-27)39-18-20-45-21-19-39/h5-17,31-32,38,41H,18-25H2,1-4H3,(H,36,42)(H,37,43)/t31-,32-/m0/s1. The van der Waals surface area contributed by atoms with Gasteiger partial charge in [-0.25, -0.2) is 20.0 Å². The smallest absolute Gasteiger partial charge is 0.423 e. The summed E-state index contributed by atoms with van der Waals surface area (Å²) in [4.78, 5) is 27.7. The molecule has 254 valence electrons. The minimum atomic E-state index is -1.08. The van der Waals surface area contributed by atoms with E-state index in [1.54, 1.807) is 32.9 Å². The Kier molecular flexibility index (Phi) is 13.2. The minimum absolute atomic E-state index is 0.0286. The number of morpholine rings is 1. The van der Waals surface area contributed by atoms with Crippen molar-refractivity contribution in [3.63, 3.8) is 0 Å². The lowest BCUT2D eigenvalue weighted by Crippen LogP contribution is -2.56. The van der Waals surface area contributed by atoms with Gasteiger partial charge < -0.3 is 34.3 Å². The summed E-state index contributed by atoms with van der Waals surface area (Å²) in [7, 11) is 1.59. The van der Waals surface area contributed by atoms with Gasteiger partial charge in [-0.05, 0) is 68.1 Å². The van der Waals surface area contributed by atoms with Crippen LogP contribution in [0.4, 0.5) is 15.3 Å². The Hall–Kier alpha value is -4.36. The number of hydrogen-bond acceptors (Lipinski definition) is 10. The molecule has 0 bridgehead atoms. The third kappa shape index (κ3) is 12.4. The molecule has 12 heteroatoms. The normalized spacial score (nSPS) is 14.6. The van der Waals surface area contributed by atoms with Crippen LogP contribution in [-0.2, 0) is 33.8 Å². The van der Waals surface area contributed by atoms with Crippen molar-refractivity contribution in [2.24, 2.45) is 0 Å². The summed E-state index contributed by atoms with van der Waals surface area (Å²) in [5.41, 5.74) is 8.52. The molecule has 47 heavy (non-hydrogen) atoms. The molecule has 1 saturated heterocycles. The van der Waals surface area contributed by atoms with Gasteiger partial charge in [0.2, 0.25) is 0 Å². The molecule has 4 rings (SSSR count). The Morgan fingerprint density at radius 3 is 2.21 bits per heavy atom. The van der Waals surface area contributed by atoms with Gasteiger partial charge >= 0.3 is 12.2 Å². The largest absolute Gasteiger partial charge is 0.497 e. The monoisotopic (exact) mass is 649 g/mol. The van der Waals surface area contributed by atoms with E-state index in [1.807, 2.05) is 78.9 Å². The summed E-state index contributed by atoms with van der Waals surface area (Å²) in [5.74, 6) is 0.700. The van der Waals surface area contributed by atoms with Crippen LogP contribution >= 0.6 is 0 Å². The van der Waals surface area contributed by atoms with E-state index in [-0.39, 0.29) is 13.2 Å². The molecule has 3 aromatic carbocycles. The first-order valence-electron chi connectivity index (χ1n) is 15.8. The van der Waals surface area contributed by atoms with Gasteiger partial charge in [0.25, 0.3) is 0 Å². The highest BCUT2D eigenvalue weighted by Crippen LogP contribution is 2.19. The number of benzene rings is 3. The van der Waals surface area contributed by atoms with Gasteiger partial charge in [0, 0.05) is 31.9 Å². The molecule has 2 amide bonds. The third-order valence-corrected chi connectivity index (χ3v) is 7.40. The zero-order valence-corrected chi connectivity index (χ0v) is 27.6. The first-order chi connectivity index (χ1) is 22.6. The van der Waals surface area contributed by atoms with Gasteiger partial charge in [-0.1, -0.05) is 54.6 Å². The first kappa shape index (κ1) is 35.5. The molecular weight excluding hydrogens is 602 g/mol. The Balaban J connectivity index is 1.47. The van der Waals surface area contributed by atoms with Crippen LogP contribution in [0.3, 0.4) is 0 Å². The molecule has 1 fully saturated rings. The molecule has 1 aliphatic heterocycles. The highest BCUT2D eigenvalue weighted by atomic mass is 16.6. The zero-order chi connectivity index (χ0) is 33.6. The molecule has 0 aromatic heterocycles. The summed E-state index contributed by atoms with van der Waals surface area (Å²) < 4.78 is 21.6. The van der Waals surface area contributed by atoms with E-state index in [1.165, 1.54) is 0 Å². The van der Waals surface area contributed by atoms with Crippen LogP contribution in [0.5, 0.6) is 5.75 Å². The zero-order valence-electron chi connectivity index (χ0n) is 27.6. The molecule has 0 spiro atoms. The summed E-state index contributed by atoms with van der Waals surface area (Å²) in [5, 5.41) is 16.1. The molecule has 0 saturated carbocycles. The van der Waals surface area contributed by atoms with Crippen LogP contribution in [0, 0.1) is 0 Å². The van der Waals surface area contributed by atoms with Gasteiger partial charge in [-0.15, -0.1) is 0 Å². The van der Waals surface area contributed by atoms with Gasteiger partial charge in [0.1, 0.15) is 18.0 Å². The fraction of sp³-hybridized carbons (Fsp3) is 0.429. The van der Waals surface area contributed by atoms with Crippen molar-refractivity contribution in [1.29, 1.82) is 0 Å². The average molecular weight is 650 g/mol. The van der Waals surface area contributed by atoms with E-state index in [2.05, 4.69) is 21.2 Å². The SMILES string of the molecule is COc1ccc(C[C@H](NC(=O)OC(C)(C)C)[C@@H](O)CN(Cc2ccc(N3CCOCC3)cc2)NNC(=O)OCc2ccccc2)cc1. The van der Waals surface area contributed by atoms with Crippen molar-refractivity contribution < 1.29 is 33.6 Å². The van der Waals surface area contributed by atoms with E-state index < -0.39 is 29.9 Å². The summed E-state index contributed by atoms with van der Waals surface area (Å²) in [6, 6.07) is 24.2. The number of nitrogens with zero attached hydrogens (tertiary/aromatic N) is 2. The highest BCUT2D eigenvalue weighted by molar-refractivity contribution is 5.68. The number of hydrazine groups is 2. The number of aliphatic hydroxyl groups excluding tert-OH is 1. The van der Waals surface area contributed by atoms with Gasteiger partial charge in [0.15, 0.2) is 0 Å². The molecule has 12 nitrogen and oxygen atoms in total. The molecule has 0 aliphatic carbocycles. The lowest BCUT2D eigenvalue weighted by Gasteiger charge is -2.31. The molecule has 3 aromatic rings. The van der Waals surface area contributed by atoms with Gasteiger partial charge in [-0.2, -0.15) is 5.53 Å². The van der Waals surface area contributed by atoms with Crippen LogP contribution < -0.4 is 25.9 Å². The molecule has 1 heterocycles. The van der Waals surface area contributed by atoms with Crippen LogP contribution in [0.2, 0.25) is 0 Å². The number of carbonyl (C=O) groups is 2. The summed E-state index contributed by atoms with van der Waals surface area (Å²) in [6.45, 7) is 8.82. The Morgan fingerprint density at radius 1 is 0.915 bits per heavy atom. The first-order valence-corrected chi connectivity index (χ1v) is 15.8. The van der Waals surface area contributed by atoms with Gasteiger partial charge in [-0.3, -0.25) is 0 Å². The second kappa shape index (κ2) is 17.5. The molecule has 4 N–H and O–H groups in total. The fourth-order valence-electron chi connectivity index (χ4n) is 5.00. The number of alkyl carbamates (subject to hydrolysis) is 1. The summed E-state index contributed by atoms with van der Waals surface area (Å²) in [6.07, 6.45) is -2.08. The average Bonchev–Trinajstić information content (AvgIpc) is 3.06. The van der Waals surface area contributed by atoms with Crippen LogP contribution in [-0.4, -0.2) is 80.0 Å². The lowest BCUT2D eigenvalue weighted by atomic mass is 10.0. The lowest BCUT2D eigenvalue weighted by molar-refractivity contribution is 0.0229. The predicted octanol–water partition coefficient (Wildman–Crippen LogP) is 4.18. The van der Waals surface area contributed by atoms with Crippen LogP contribution in [0.25, 0.3) is 0 Å². The van der Waals surface area contributed by atoms with Crippen molar-refractivity contribution in [1.82, 2.24) is 21.3 Å². The number of carbonyl (C=O) groups excluding carboxylic acids is 2. The predicted molar refractivity (Wildman–Crippen MR) is 179 cm³/mol. The van der Waals surface area contributed by atoms with Crippen molar-refractivity contribution in [3.8, 4) is 5.75 Å². The third-order valence-electron chi connectivity index (χ3n) is 7.40. The molecule has 0 radical (unpaired) electrons. The maximum Gasteiger partial charge on any atom is 0.423 e. The molecule has 1 aliphatic rings.